The zero-order valence-corrected chi connectivity index (χ0v) is 12.7. The molecule has 0 aliphatic rings. The van der Waals surface area contributed by atoms with Crippen LogP contribution in [0.1, 0.15) is 6.42 Å². The van der Waals surface area contributed by atoms with Crippen molar-refractivity contribution >= 4 is 37.6 Å². The minimum atomic E-state index is -4.20. The van der Waals surface area contributed by atoms with Crippen molar-refractivity contribution in [3.05, 3.63) is 48.5 Å². The molecule has 2 aromatic carbocycles. The van der Waals surface area contributed by atoms with E-state index in [2.05, 4.69) is 0 Å². The molecule has 0 saturated carbocycles. The Morgan fingerprint density at radius 1 is 0.955 bits per heavy atom. The maximum absolute atomic E-state index is 10.8. The second kappa shape index (κ2) is 5.55. The Morgan fingerprint density at radius 2 is 1.45 bits per heavy atom. The van der Waals surface area contributed by atoms with E-state index in [1.54, 1.807) is 0 Å². The van der Waals surface area contributed by atoms with E-state index >= 15 is 0 Å². The van der Waals surface area contributed by atoms with E-state index in [0.717, 1.165) is 21.8 Å². The van der Waals surface area contributed by atoms with Crippen molar-refractivity contribution < 1.29 is 17.5 Å². The number of hydrogen-bond donors (Lipinski definition) is 1. The lowest BCUT2D eigenvalue weighted by Crippen LogP contribution is -2.36. The number of rotatable bonds is 4. The molecular formula is C16H16N2O3S. The summed E-state index contributed by atoms with van der Waals surface area (Å²) in [7, 11) is -4.20. The number of nitrogens with zero attached hydrogens (tertiary/aromatic N) is 1. The first-order valence-electron chi connectivity index (χ1n) is 7.00. The maximum Gasteiger partial charge on any atom is 0.215 e. The Morgan fingerprint density at radius 3 is 1.95 bits per heavy atom. The lowest BCUT2D eigenvalue weighted by atomic mass is 10.1. The highest BCUT2D eigenvalue weighted by Crippen LogP contribution is 2.26. The number of benzene rings is 2. The van der Waals surface area contributed by atoms with Gasteiger partial charge in [0.2, 0.25) is 11.0 Å². The predicted molar refractivity (Wildman–Crippen MR) is 85.2 cm³/mol. The number of pyridine rings is 1. The lowest BCUT2D eigenvalue weighted by molar-refractivity contribution is -0.645. The van der Waals surface area contributed by atoms with E-state index < -0.39 is 10.1 Å². The van der Waals surface area contributed by atoms with Gasteiger partial charge in [-0.15, -0.1) is 0 Å². The molecule has 0 radical (unpaired) electrons. The molecule has 0 aliphatic carbocycles. The number of aromatic nitrogens is 1. The Labute approximate surface area is 128 Å². The number of nitrogen functional groups attached to an aromatic ring is 1. The van der Waals surface area contributed by atoms with Crippen molar-refractivity contribution in [2.24, 2.45) is 0 Å². The van der Waals surface area contributed by atoms with Gasteiger partial charge in [-0.1, -0.05) is 24.3 Å². The van der Waals surface area contributed by atoms with Gasteiger partial charge in [-0.3, -0.25) is 0 Å². The smallest absolute Gasteiger partial charge is 0.215 e. The number of para-hydroxylation sites is 2. The first-order chi connectivity index (χ1) is 10.5. The number of aryl methyl sites for hydroxylation is 1. The number of anilines is 1. The second-order valence-electron chi connectivity index (χ2n) is 5.21. The molecule has 1 heterocycles. The summed E-state index contributed by atoms with van der Waals surface area (Å²) in [4.78, 5) is 0. The van der Waals surface area contributed by atoms with E-state index in [1.165, 1.54) is 0 Å². The van der Waals surface area contributed by atoms with Crippen LogP contribution in [0.3, 0.4) is 0 Å². The Hall–Kier alpha value is -2.18. The van der Waals surface area contributed by atoms with Crippen LogP contribution in [0.4, 0.5) is 5.69 Å². The molecule has 22 heavy (non-hydrogen) atoms. The molecule has 0 aliphatic heterocycles. The van der Waals surface area contributed by atoms with E-state index in [1.807, 2.05) is 53.1 Å². The molecule has 0 fully saturated rings. The molecule has 2 N–H and O–H groups in total. The standard InChI is InChI=1S/C16H16N2O3S/c17-16-12-6-1-3-8-14(12)18(10-5-11-22(19,20)21)15-9-4-2-7-13(15)16/h1-4,6-9,17H,5,10-11H2,(H,19,20,21). The highest BCUT2D eigenvalue weighted by atomic mass is 32.2. The highest BCUT2D eigenvalue weighted by molar-refractivity contribution is 7.85. The molecule has 0 amide bonds. The van der Waals surface area contributed by atoms with Crippen LogP contribution in [0.15, 0.2) is 48.5 Å². The Balaban J connectivity index is 2.18. The van der Waals surface area contributed by atoms with Gasteiger partial charge in [0.05, 0.1) is 26.6 Å². The molecule has 3 rings (SSSR count). The van der Waals surface area contributed by atoms with Crippen LogP contribution >= 0.6 is 0 Å². The fourth-order valence-corrected chi connectivity index (χ4v) is 3.27. The summed E-state index contributed by atoms with van der Waals surface area (Å²) in [5, 5.41) is 1.84. The van der Waals surface area contributed by atoms with Crippen LogP contribution in [0.25, 0.3) is 21.8 Å². The van der Waals surface area contributed by atoms with E-state index in [0.29, 0.717) is 12.2 Å². The molecule has 0 atom stereocenters. The summed E-state index contributed by atoms with van der Waals surface area (Å²) >= 11 is 0. The molecule has 0 saturated heterocycles. The fourth-order valence-electron chi connectivity index (χ4n) is 2.79. The zero-order chi connectivity index (χ0) is 15.7. The maximum atomic E-state index is 10.8. The van der Waals surface area contributed by atoms with Crippen LogP contribution < -0.4 is 10.3 Å². The van der Waals surface area contributed by atoms with Crippen molar-refractivity contribution in [2.45, 2.75) is 13.0 Å². The van der Waals surface area contributed by atoms with Crippen molar-refractivity contribution in [3.63, 3.8) is 0 Å². The lowest BCUT2D eigenvalue weighted by Gasteiger charge is -2.10. The monoisotopic (exact) mass is 316 g/mol. The Bertz CT molecular complexity index is 895. The molecule has 0 unspecified atom stereocenters. The van der Waals surface area contributed by atoms with Crippen LogP contribution in [-0.4, -0.2) is 18.7 Å². The van der Waals surface area contributed by atoms with Crippen molar-refractivity contribution in [1.29, 1.82) is 0 Å². The topological polar surface area (TPSA) is 87.1 Å². The quantitative estimate of drug-likeness (QED) is 0.452. The van der Waals surface area contributed by atoms with Crippen molar-refractivity contribution in [2.75, 3.05) is 11.5 Å². The van der Waals surface area contributed by atoms with E-state index in [-0.39, 0.29) is 12.2 Å². The third-order valence-electron chi connectivity index (χ3n) is 3.75. The number of hydrogen-bond acceptors (Lipinski definition) is 4. The third kappa shape index (κ3) is 2.75. The SMILES string of the molecule is Nc1c2ccccc2[n+](CCCS(=O)(=O)[O-])c2ccccc12. The molecular weight excluding hydrogens is 300 g/mol. The minimum absolute atomic E-state index is 0.272. The van der Waals surface area contributed by atoms with Gasteiger partial charge in [-0.05, 0) is 12.1 Å². The summed E-state index contributed by atoms with van der Waals surface area (Å²) in [6.45, 7) is 0.447. The summed E-state index contributed by atoms with van der Waals surface area (Å²) < 4.78 is 34.5. The van der Waals surface area contributed by atoms with Gasteiger partial charge >= 0.3 is 0 Å². The first kappa shape index (κ1) is 14.7. The van der Waals surface area contributed by atoms with E-state index in [9.17, 15) is 13.0 Å². The van der Waals surface area contributed by atoms with Gasteiger partial charge in [0.1, 0.15) is 0 Å². The van der Waals surface area contributed by atoms with Gasteiger partial charge in [-0.2, -0.15) is 4.57 Å². The summed E-state index contributed by atoms with van der Waals surface area (Å²) in [5.74, 6) is -0.368. The average Bonchev–Trinajstić information content (AvgIpc) is 2.49. The minimum Gasteiger partial charge on any atom is -0.748 e. The normalized spacial score (nSPS) is 12.0. The molecule has 6 heteroatoms. The summed E-state index contributed by atoms with van der Waals surface area (Å²) in [6.07, 6.45) is 0.272. The van der Waals surface area contributed by atoms with Gasteiger partial charge in [0.25, 0.3) is 0 Å². The summed E-state index contributed by atoms with van der Waals surface area (Å²) in [5.41, 5.74) is 8.83. The predicted octanol–water partition coefficient (Wildman–Crippen LogP) is 1.80. The van der Waals surface area contributed by atoms with Crippen LogP contribution in [-0.2, 0) is 16.7 Å². The van der Waals surface area contributed by atoms with Crippen molar-refractivity contribution in [3.8, 4) is 0 Å². The number of nitrogens with two attached hydrogens (primary N) is 1. The van der Waals surface area contributed by atoms with Crippen molar-refractivity contribution in [1.82, 2.24) is 0 Å². The van der Waals surface area contributed by atoms with Gasteiger partial charge < -0.3 is 10.3 Å². The zero-order valence-electron chi connectivity index (χ0n) is 11.9. The second-order valence-corrected chi connectivity index (χ2v) is 6.74. The average molecular weight is 316 g/mol. The third-order valence-corrected chi connectivity index (χ3v) is 4.53. The number of fused-ring (bicyclic) bond motifs is 2. The summed E-state index contributed by atoms with van der Waals surface area (Å²) in [6, 6.07) is 15.4. The first-order valence-corrected chi connectivity index (χ1v) is 8.57. The molecule has 3 aromatic rings. The molecule has 1 aromatic heterocycles. The largest absolute Gasteiger partial charge is 0.748 e. The van der Waals surface area contributed by atoms with Gasteiger partial charge in [-0.25, -0.2) is 8.42 Å². The Kier molecular flexibility index (Phi) is 3.72. The van der Waals surface area contributed by atoms with Gasteiger partial charge in [0, 0.05) is 24.3 Å². The van der Waals surface area contributed by atoms with Gasteiger partial charge in [0.15, 0.2) is 6.54 Å². The van der Waals surface area contributed by atoms with Crippen LogP contribution in [0.2, 0.25) is 0 Å². The highest BCUT2D eigenvalue weighted by Gasteiger charge is 2.18. The van der Waals surface area contributed by atoms with Crippen LogP contribution in [0.5, 0.6) is 0 Å². The van der Waals surface area contributed by atoms with Crippen LogP contribution in [0, 0.1) is 0 Å². The molecule has 0 bridgehead atoms. The molecule has 5 nitrogen and oxygen atoms in total. The molecule has 0 spiro atoms. The fraction of sp³-hybridized carbons (Fsp3) is 0.188. The molecule has 114 valence electrons. The van der Waals surface area contributed by atoms with E-state index in [4.69, 9.17) is 5.73 Å².